The molecule has 0 fully saturated rings. The number of anilines is 2. The molecule has 1 aliphatic rings. The van der Waals surface area contributed by atoms with Gasteiger partial charge >= 0.3 is 0 Å². The van der Waals surface area contributed by atoms with Crippen LogP contribution in [0.15, 0.2) is 22.7 Å². The van der Waals surface area contributed by atoms with Gasteiger partial charge in [-0.15, -0.1) is 0 Å². The molecule has 0 saturated carbocycles. The van der Waals surface area contributed by atoms with Gasteiger partial charge in [-0.2, -0.15) is 0 Å². The average Bonchev–Trinajstić information content (AvgIpc) is 2.23. The molecule has 1 aliphatic heterocycles. The number of hydrogen-bond donors (Lipinski definition) is 2. The second kappa shape index (κ2) is 4.43. The molecular formula is C11H14BrN3O. The summed E-state index contributed by atoms with van der Waals surface area (Å²) in [5.74, 6) is 0.0125. The Labute approximate surface area is 103 Å². The van der Waals surface area contributed by atoms with Crippen molar-refractivity contribution in [2.75, 3.05) is 23.8 Å². The second-order valence-electron chi connectivity index (χ2n) is 3.85. The summed E-state index contributed by atoms with van der Waals surface area (Å²) in [6, 6.07) is 5.69. The summed E-state index contributed by atoms with van der Waals surface area (Å²) < 4.78 is 0.956. The molecule has 1 heterocycles. The zero-order valence-electron chi connectivity index (χ0n) is 9.03. The lowest BCUT2D eigenvalue weighted by Crippen LogP contribution is -2.46. The topological polar surface area (TPSA) is 58.4 Å². The van der Waals surface area contributed by atoms with Crippen molar-refractivity contribution < 1.29 is 4.79 Å². The number of likely N-dealkylation sites (N-methyl/N-ethyl adjacent to an activating group) is 1. The number of amides is 1. The smallest absolute Gasteiger partial charge is 0.247 e. The summed E-state index contributed by atoms with van der Waals surface area (Å²) in [5.41, 5.74) is 7.39. The van der Waals surface area contributed by atoms with Crippen LogP contribution in [0.3, 0.4) is 0 Å². The highest BCUT2D eigenvalue weighted by Crippen LogP contribution is 2.33. The van der Waals surface area contributed by atoms with Gasteiger partial charge in [0.25, 0.3) is 0 Å². The van der Waals surface area contributed by atoms with E-state index >= 15 is 0 Å². The molecule has 86 valence electrons. The first-order valence-electron chi connectivity index (χ1n) is 5.17. The molecule has 0 saturated heterocycles. The molecule has 4 nitrogen and oxygen atoms in total. The first kappa shape index (κ1) is 11.4. The summed E-state index contributed by atoms with van der Waals surface area (Å²) in [6.07, 6.45) is 0.665. The van der Waals surface area contributed by atoms with Gasteiger partial charge in [-0.05, 0) is 31.2 Å². The van der Waals surface area contributed by atoms with Gasteiger partial charge in [-0.3, -0.25) is 4.79 Å². The molecule has 2 rings (SSSR count). The number of halogens is 1. The minimum atomic E-state index is -0.168. The molecule has 1 aromatic carbocycles. The first-order valence-corrected chi connectivity index (χ1v) is 5.96. The molecule has 0 aromatic heterocycles. The highest BCUT2D eigenvalue weighted by molar-refractivity contribution is 9.10. The summed E-state index contributed by atoms with van der Waals surface area (Å²) >= 11 is 3.39. The molecule has 1 unspecified atom stereocenters. The van der Waals surface area contributed by atoms with E-state index in [-0.39, 0.29) is 11.9 Å². The average molecular weight is 284 g/mol. The van der Waals surface area contributed by atoms with Gasteiger partial charge in [0.15, 0.2) is 0 Å². The van der Waals surface area contributed by atoms with Crippen LogP contribution in [0.2, 0.25) is 0 Å². The van der Waals surface area contributed by atoms with Crippen LogP contribution in [-0.4, -0.2) is 25.5 Å². The third-order valence-electron chi connectivity index (χ3n) is 2.81. The van der Waals surface area contributed by atoms with Crippen molar-refractivity contribution in [1.29, 1.82) is 0 Å². The summed E-state index contributed by atoms with van der Waals surface area (Å²) in [5, 5.41) is 2.90. The Hall–Kier alpha value is -1.07. The summed E-state index contributed by atoms with van der Waals surface area (Å²) in [4.78, 5) is 13.8. The van der Waals surface area contributed by atoms with Crippen molar-refractivity contribution in [3.63, 3.8) is 0 Å². The first-order chi connectivity index (χ1) is 7.63. The Balaban J connectivity index is 2.37. The quantitative estimate of drug-likeness (QED) is 0.866. The number of carbonyl (C=O) groups is 1. The SMILES string of the molecule is CN1c2ccc(Br)cc2NC(=O)C1CCN. The molecule has 0 bridgehead atoms. The van der Waals surface area contributed by atoms with Crippen molar-refractivity contribution in [2.45, 2.75) is 12.5 Å². The molecule has 0 aliphatic carbocycles. The van der Waals surface area contributed by atoms with E-state index in [2.05, 4.69) is 21.2 Å². The van der Waals surface area contributed by atoms with Crippen molar-refractivity contribution in [3.8, 4) is 0 Å². The maximum atomic E-state index is 11.8. The molecule has 0 radical (unpaired) electrons. The van der Waals surface area contributed by atoms with E-state index in [9.17, 15) is 4.79 Å². The highest BCUT2D eigenvalue weighted by Gasteiger charge is 2.29. The van der Waals surface area contributed by atoms with Crippen LogP contribution in [0.25, 0.3) is 0 Å². The maximum absolute atomic E-state index is 11.8. The third-order valence-corrected chi connectivity index (χ3v) is 3.30. The number of rotatable bonds is 2. The van der Waals surface area contributed by atoms with E-state index in [1.165, 1.54) is 0 Å². The van der Waals surface area contributed by atoms with E-state index < -0.39 is 0 Å². The highest BCUT2D eigenvalue weighted by atomic mass is 79.9. The molecule has 1 aromatic rings. The van der Waals surface area contributed by atoms with E-state index in [1.54, 1.807) is 0 Å². The van der Waals surface area contributed by atoms with Gasteiger partial charge in [-0.25, -0.2) is 0 Å². The monoisotopic (exact) mass is 283 g/mol. The molecule has 5 heteroatoms. The van der Waals surface area contributed by atoms with Crippen molar-refractivity contribution in [1.82, 2.24) is 0 Å². The zero-order chi connectivity index (χ0) is 11.7. The Bertz CT molecular complexity index is 422. The lowest BCUT2D eigenvalue weighted by atomic mass is 10.1. The predicted octanol–water partition coefficient (Wildman–Crippen LogP) is 1.55. The van der Waals surface area contributed by atoms with Crippen molar-refractivity contribution in [2.24, 2.45) is 5.73 Å². The number of fused-ring (bicyclic) bond motifs is 1. The van der Waals surface area contributed by atoms with Crippen LogP contribution in [0.1, 0.15) is 6.42 Å². The largest absolute Gasteiger partial charge is 0.361 e. The molecule has 1 amide bonds. The van der Waals surface area contributed by atoms with Gasteiger partial charge in [0.2, 0.25) is 5.91 Å². The normalized spacial score (nSPS) is 19.3. The Morgan fingerprint density at radius 3 is 3.00 bits per heavy atom. The van der Waals surface area contributed by atoms with Gasteiger partial charge < -0.3 is 16.0 Å². The van der Waals surface area contributed by atoms with Crippen LogP contribution in [0, 0.1) is 0 Å². The number of nitrogens with zero attached hydrogens (tertiary/aromatic N) is 1. The fourth-order valence-electron chi connectivity index (χ4n) is 1.96. The van der Waals surface area contributed by atoms with Gasteiger partial charge in [0.05, 0.1) is 11.4 Å². The van der Waals surface area contributed by atoms with E-state index in [0.29, 0.717) is 13.0 Å². The fourth-order valence-corrected chi connectivity index (χ4v) is 2.32. The van der Waals surface area contributed by atoms with Crippen LogP contribution in [-0.2, 0) is 4.79 Å². The Kier molecular flexibility index (Phi) is 3.16. The molecule has 0 spiro atoms. The van der Waals surface area contributed by atoms with E-state index in [1.807, 2.05) is 30.1 Å². The molecule has 3 N–H and O–H groups in total. The lowest BCUT2D eigenvalue weighted by Gasteiger charge is -2.35. The molecular weight excluding hydrogens is 270 g/mol. The van der Waals surface area contributed by atoms with Crippen molar-refractivity contribution >= 4 is 33.2 Å². The third kappa shape index (κ3) is 1.92. The molecule has 1 atom stereocenters. The summed E-state index contributed by atoms with van der Waals surface area (Å²) in [7, 11) is 1.92. The maximum Gasteiger partial charge on any atom is 0.247 e. The summed E-state index contributed by atoms with van der Waals surface area (Å²) in [6.45, 7) is 0.508. The molecule has 16 heavy (non-hydrogen) atoms. The lowest BCUT2D eigenvalue weighted by molar-refractivity contribution is -0.117. The second-order valence-corrected chi connectivity index (χ2v) is 4.77. The number of benzene rings is 1. The minimum Gasteiger partial charge on any atom is -0.361 e. The Morgan fingerprint density at radius 1 is 1.56 bits per heavy atom. The van der Waals surface area contributed by atoms with Crippen LogP contribution in [0.4, 0.5) is 11.4 Å². The van der Waals surface area contributed by atoms with E-state index in [4.69, 9.17) is 5.73 Å². The zero-order valence-corrected chi connectivity index (χ0v) is 10.6. The number of nitrogens with one attached hydrogen (secondary N) is 1. The van der Waals surface area contributed by atoms with E-state index in [0.717, 1.165) is 15.8 Å². The van der Waals surface area contributed by atoms with Gasteiger partial charge in [-0.1, -0.05) is 15.9 Å². The van der Waals surface area contributed by atoms with Crippen LogP contribution in [0.5, 0.6) is 0 Å². The van der Waals surface area contributed by atoms with Gasteiger partial charge in [0, 0.05) is 11.5 Å². The minimum absolute atomic E-state index is 0.0125. The fraction of sp³-hybridized carbons (Fsp3) is 0.364. The number of carbonyl (C=O) groups excluding carboxylic acids is 1. The number of hydrogen-bond acceptors (Lipinski definition) is 3. The van der Waals surface area contributed by atoms with Crippen LogP contribution < -0.4 is 16.0 Å². The number of nitrogens with two attached hydrogens (primary N) is 1. The predicted molar refractivity (Wildman–Crippen MR) is 68.6 cm³/mol. The van der Waals surface area contributed by atoms with Crippen LogP contribution >= 0.6 is 15.9 Å². The Morgan fingerprint density at radius 2 is 2.31 bits per heavy atom. The van der Waals surface area contributed by atoms with Crippen molar-refractivity contribution in [3.05, 3.63) is 22.7 Å². The standard InChI is InChI=1S/C11H14BrN3O/c1-15-9-3-2-7(12)6-8(9)14-11(16)10(15)4-5-13/h2-3,6,10H,4-5,13H2,1H3,(H,14,16). The van der Waals surface area contributed by atoms with Gasteiger partial charge in [0.1, 0.15) is 6.04 Å².